The molecule has 1 heterocycles. The van der Waals surface area contributed by atoms with Gasteiger partial charge in [-0.15, -0.1) is 0 Å². The minimum atomic E-state index is -0.278. The summed E-state index contributed by atoms with van der Waals surface area (Å²) in [7, 11) is 1.36. The minimum absolute atomic E-state index is 0.0466. The van der Waals surface area contributed by atoms with E-state index in [0.717, 1.165) is 30.9 Å². The number of benzene rings is 1. The van der Waals surface area contributed by atoms with Gasteiger partial charge in [0.2, 0.25) is 0 Å². The van der Waals surface area contributed by atoms with Crippen molar-refractivity contribution in [2.75, 3.05) is 25.1 Å². The van der Waals surface area contributed by atoms with Gasteiger partial charge in [0.15, 0.2) is 5.78 Å². The van der Waals surface area contributed by atoms with Gasteiger partial charge in [-0.3, -0.25) is 9.59 Å². The summed E-state index contributed by atoms with van der Waals surface area (Å²) in [5.74, 6) is 0.612. The van der Waals surface area contributed by atoms with Crippen LogP contribution < -0.4 is 9.64 Å². The number of anilines is 1. The highest BCUT2D eigenvalue weighted by Gasteiger charge is 2.24. The van der Waals surface area contributed by atoms with Crippen LogP contribution in [0.3, 0.4) is 0 Å². The largest absolute Gasteiger partial charge is 0.486 e. The number of rotatable bonds is 7. The lowest BCUT2D eigenvalue weighted by molar-refractivity contribution is -0.140. The third-order valence-electron chi connectivity index (χ3n) is 4.19. The molecule has 5 heteroatoms. The van der Waals surface area contributed by atoms with Crippen LogP contribution in [0, 0.1) is 0 Å². The van der Waals surface area contributed by atoms with Crippen LogP contribution in [-0.2, 0) is 9.53 Å². The number of hydrogen-bond donors (Lipinski definition) is 0. The van der Waals surface area contributed by atoms with Crippen LogP contribution in [0.15, 0.2) is 18.2 Å². The van der Waals surface area contributed by atoms with E-state index in [1.165, 1.54) is 7.11 Å². The van der Waals surface area contributed by atoms with Crippen molar-refractivity contribution in [2.45, 2.75) is 45.6 Å². The van der Waals surface area contributed by atoms with E-state index in [4.69, 9.17) is 4.74 Å². The lowest BCUT2D eigenvalue weighted by Crippen LogP contribution is -2.39. The van der Waals surface area contributed by atoms with Crippen molar-refractivity contribution >= 4 is 17.4 Å². The third kappa shape index (κ3) is 4.24. The summed E-state index contributed by atoms with van der Waals surface area (Å²) in [5, 5.41) is 0. The second kappa shape index (κ2) is 7.99. The Labute approximate surface area is 137 Å². The highest BCUT2D eigenvalue weighted by Crippen LogP contribution is 2.35. The normalized spacial score (nSPS) is 16.5. The zero-order valence-corrected chi connectivity index (χ0v) is 14.1. The number of esters is 1. The van der Waals surface area contributed by atoms with Gasteiger partial charge >= 0.3 is 5.97 Å². The molecule has 0 aliphatic carbocycles. The van der Waals surface area contributed by atoms with E-state index < -0.39 is 0 Å². The summed E-state index contributed by atoms with van der Waals surface area (Å²) in [6, 6.07) is 5.60. The van der Waals surface area contributed by atoms with Gasteiger partial charge in [0.25, 0.3) is 0 Å². The van der Waals surface area contributed by atoms with Crippen molar-refractivity contribution < 1.29 is 19.1 Å². The molecule has 0 N–H and O–H groups in total. The number of carbonyl (C=O) groups is 2. The molecule has 1 aromatic carbocycles. The summed E-state index contributed by atoms with van der Waals surface area (Å²) in [4.78, 5) is 25.7. The molecule has 0 fully saturated rings. The quantitative estimate of drug-likeness (QED) is 0.570. The fourth-order valence-corrected chi connectivity index (χ4v) is 2.75. The lowest BCUT2D eigenvalue weighted by Gasteiger charge is -2.35. The second-order valence-electron chi connectivity index (χ2n) is 5.72. The molecule has 0 radical (unpaired) electrons. The molecule has 1 aliphatic rings. The minimum Gasteiger partial charge on any atom is -0.486 e. The molecule has 1 aliphatic heterocycles. The van der Waals surface area contributed by atoms with Crippen molar-refractivity contribution in [1.29, 1.82) is 0 Å². The van der Waals surface area contributed by atoms with Gasteiger partial charge in [0.05, 0.1) is 19.3 Å². The van der Waals surface area contributed by atoms with Crippen LogP contribution >= 0.6 is 0 Å². The predicted molar refractivity (Wildman–Crippen MR) is 89.2 cm³/mol. The maximum atomic E-state index is 12.3. The molecule has 0 bridgehead atoms. The number of likely N-dealkylation sites (N-methyl/N-ethyl adjacent to an activating group) is 1. The Bertz CT molecular complexity index is 570. The van der Waals surface area contributed by atoms with E-state index in [1.807, 2.05) is 18.2 Å². The van der Waals surface area contributed by atoms with Gasteiger partial charge in [0, 0.05) is 24.9 Å². The van der Waals surface area contributed by atoms with Crippen molar-refractivity contribution in [3.05, 3.63) is 23.8 Å². The number of ether oxygens (including phenoxy) is 2. The average Bonchev–Trinajstić information content (AvgIpc) is 2.59. The molecular weight excluding hydrogens is 294 g/mol. The van der Waals surface area contributed by atoms with Crippen LogP contribution in [0.1, 0.15) is 49.9 Å². The number of nitrogens with zero attached hydrogens (tertiary/aromatic N) is 1. The van der Waals surface area contributed by atoms with Gasteiger partial charge in [-0.2, -0.15) is 0 Å². The van der Waals surface area contributed by atoms with Gasteiger partial charge in [-0.1, -0.05) is 6.92 Å². The predicted octanol–water partition coefficient (Wildman–Crippen LogP) is 3.21. The summed E-state index contributed by atoms with van der Waals surface area (Å²) < 4.78 is 10.5. The standard InChI is InChI=1S/C18H25NO4/c1-4-14-12-19(5-2)15-11-13(9-10-17(15)23-14)16(20)7-6-8-18(21)22-3/h9-11,14H,4-8,12H2,1-3H3. The van der Waals surface area contributed by atoms with Crippen molar-refractivity contribution in [1.82, 2.24) is 0 Å². The van der Waals surface area contributed by atoms with Gasteiger partial charge in [0.1, 0.15) is 11.9 Å². The fraction of sp³-hybridized carbons (Fsp3) is 0.556. The number of hydrogen-bond acceptors (Lipinski definition) is 5. The van der Waals surface area contributed by atoms with Gasteiger partial charge < -0.3 is 14.4 Å². The van der Waals surface area contributed by atoms with Gasteiger partial charge in [-0.25, -0.2) is 0 Å². The van der Waals surface area contributed by atoms with Crippen molar-refractivity contribution in [3.63, 3.8) is 0 Å². The first-order chi connectivity index (χ1) is 11.1. The summed E-state index contributed by atoms with van der Waals surface area (Å²) in [5.41, 5.74) is 1.65. The first-order valence-corrected chi connectivity index (χ1v) is 8.24. The Morgan fingerprint density at radius 2 is 2.09 bits per heavy atom. The highest BCUT2D eigenvalue weighted by atomic mass is 16.5. The molecule has 0 aromatic heterocycles. The number of fused-ring (bicyclic) bond motifs is 1. The Hall–Kier alpha value is -2.04. The highest BCUT2D eigenvalue weighted by molar-refractivity contribution is 5.97. The van der Waals surface area contributed by atoms with Crippen LogP contribution in [-0.4, -0.2) is 38.1 Å². The zero-order chi connectivity index (χ0) is 16.8. The SMILES string of the molecule is CCC1CN(CC)c2cc(C(=O)CCCC(=O)OC)ccc2O1. The molecule has 0 saturated heterocycles. The van der Waals surface area contributed by atoms with Crippen LogP contribution in [0.2, 0.25) is 0 Å². The summed E-state index contributed by atoms with van der Waals surface area (Å²) in [6.45, 7) is 5.95. The number of methoxy groups -OCH3 is 1. The first kappa shape index (κ1) is 17.3. The number of Topliss-reactive ketones (excluding diaryl/α,β-unsaturated/α-hetero) is 1. The number of ketones is 1. The van der Waals surface area contributed by atoms with Crippen LogP contribution in [0.25, 0.3) is 0 Å². The third-order valence-corrected chi connectivity index (χ3v) is 4.19. The molecule has 1 atom stereocenters. The monoisotopic (exact) mass is 319 g/mol. The average molecular weight is 319 g/mol. The molecule has 0 amide bonds. The molecule has 126 valence electrons. The molecule has 0 spiro atoms. The van der Waals surface area contributed by atoms with Gasteiger partial charge in [-0.05, 0) is 38.0 Å². The van der Waals surface area contributed by atoms with Crippen LogP contribution in [0.5, 0.6) is 5.75 Å². The van der Waals surface area contributed by atoms with Crippen LogP contribution in [0.4, 0.5) is 5.69 Å². The lowest BCUT2D eigenvalue weighted by atomic mass is 10.0. The Kier molecular flexibility index (Phi) is 6.02. The van der Waals surface area contributed by atoms with E-state index >= 15 is 0 Å². The molecule has 5 nitrogen and oxygen atoms in total. The summed E-state index contributed by atoms with van der Waals surface area (Å²) >= 11 is 0. The van der Waals surface area contributed by atoms with E-state index in [2.05, 4.69) is 23.5 Å². The maximum absolute atomic E-state index is 12.3. The second-order valence-corrected chi connectivity index (χ2v) is 5.72. The Balaban J connectivity index is 2.07. The summed E-state index contributed by atoms with van der Waals surface area (Å²) in [6.07, 6.45) is 2.29. The zero-order valence-electron chi connectivity index (χ0n) is 14.1. The van der Waals surface area contributed by atoms with E-state index in [0.29, 0.717) is 18.4 Å². The Morgan fingerprint density at radius 3 is 2.74 bits per heavy atom. The molecule has 1 unspecified atom stereocenters. The topological polar surface area (TPSA) is 55.8 Å². The molecule has 1 aromatic rings. The maximum Gasteiger partial charge on any atom is 0.305 e. The van der Waals surface area contributed by atoms with E-state index in [1.54, 1.807) is 0 Å². The fourth-order valence-electron chi connectivity index (χ4n) is 2.75. The van der Waals surface area contributed by atoms with E-state index in [9.17, 15) is 9.59 Å². The smallest absolute Gasteiger partial charge is 0.305 e. The molecule has 23 heavy (non-hydrogen) atoms. The molecule has 0 saturated carbocycles. The first-order valence-electron chi connectivity index (χ1n) is 8.24. The molecule has 2 rings (SSSR count). The molecular formula is C18H25NO4. The van der Waals surface area contributed by atoms with Crippen molar-refractivity contribution in [3.8, 4) is 5.75 Å². The Morgan fingerprint density at radius 1 is 1.30 bits per heavy atom. The van der Waals surface area contributed by atoms with E-state index in [-0.39, 0.29) is 24.3 Å². The van der Waals surface area contributed by atoms with Crippen molar-refractivity contribution in [2.24, 2.45) is 0 Å². The number of carbonyl (C=O) groups excluding carboxylic acids is 2.